The summed E-state index contributed by atoms with van der Waals surface area (Å²) in [5.41, 5.74) is 0.581. The number of amides is 1. The topological polar surface area (TPSA) is 73.8 Å². The Morgan fingerprint density at radius 3 is 2.67 bits per heavy atom. The van der Waals surface area contributed by atoms with Crippen LogP contribution in [0.3, 0.4) is 0 Å². The van der Waals surface area contributed by atoms with Crippen LogP contribution >= 0.6 is 0 Å². The Labute approximate surface area is 141 Å². The van der Waals surface area contributed by atoms with E-state index in [-0.39, 0.29) is 17.6 Å². The second-order valence-electron chi connectivity index (χ2n) is 6.78. The lowest BCUT2D eigenvalue weighted by molar-refractivity contribution is 0.0905. The summed E-state index contributed by atoms with van der Waals surface area (Å²) in [6, 6.07) is 1.96. The first-order chi connectivity index (χ1) is 11.5. The highest BCUT2D eigenvalue weighted by Crippen LogP contribution is 2.27. The summed E-state index contributed by atoms with van der Waals surface area (Å²) >= 11 is 0. The highest BCUT2D eigenvalue weighted by molar-refractivity contribution is 5.94. The van der Waals surface area contributed by atoms with Gasteiger partial charge < -0.3 is 9.88 Å². The van der Waals surface area contributed by atoms with E-state index >= 15 is 0 Å². The van der Waals surface area contributed by atoms with Crippen molar-refractivity contribution in [2.24, 2.45) is 27.1 Å². The summed E-state index contributed by atoms with van der Waals surface area (Å²) in [6.07, 6.45) is 8.72. The van der Waals surface area contributed by atoms with Crippen LogP contribution in [-0.2, 0) is 27.6 Å². The van der Waals surface area contributed by atoms with Gasteiger partial charge in [0.25, 0.3) is 5.91 Å². The van der Waals surface area contributed by atoms with Gasteiger partial charge in [-0.25, -0.2) is 9.48 Å². The van der Waals surface area contributed by atoms with Crippen LogP contribution in [0.25, 0.3) is 0 Å². The first-order valence-electron chi connectivity index (χ1n) is 8.47. The molecule has 0 radical (unpaired) electrons. The summed E-state index contributed by atoms with van der Waals surface area (Å²) in [6.45, 7) is 0. The molecule has 24 heavy (non-hydrogen) atoms. The molecule has 2 atom stereocenters. The van der Waals surface area contributed by atoms with Crippen LogP contribution in [0.5, 0.6) is 0 Å². The number of hydrogen-bond donors (Lipinski definition) is 1. The minimum Gasteiger partial charge on any atom is -0.356 e. The molecular formula is C17H25N5O2. The predicted octanol–water partition coefficient (Wildman–Crippen LogP) is 0.989. The zero-order valence-corrected chi connectivity index (χ0v) is 14.5. The standard InChI is InChI=1S/C17H25N5O2/c1-20-9-8-13(11-20)16(23)18-14-7-5-4-6-12(14)10-15-19-22(3)17(24)21(15)2/h8-9,11-12,14H,4-7,10H2,1-3H3,(H,18,23)/t12-,14-/m1/s1. The molecular weight excluding hydrogens is 306 g/mol. The van der Waals surface area contributed by atoms with Crippen molar-refractivity contribution in [1.29, 1.82) is 0 Å². The molecule has 0 bridgehead atoms. The fourth-order valence-electron chi connectivity index (χ4n) is 3.55. The Kier molecular flexibility index (Phi) is 4.59. The Morgan fingerprint density at radius 1 is 1.29 bits per heavy atom. The normalized spacial score (nSPS) is 21.0. The molecule has 2 heterocycles. The lowest BCUT2D eigenvalue weighted by Gasteiger charge is -2.31. The van der Waals surface area contributed by atoms with Crippen LogP contribution in [0, 0.1) is 5.92 Å². The molecule has 2 aromatic heterocycles. The van der Waals surface area contributed by atoms with Crippen LogP contribution in [0.2, 0.25) is 0 Å². The SMILES string of the molecule is Cn1ccc(C(=O)N[C@@H]2CCCC[C@@H]2Cc2nn(C)c(=O)n2C)c1. The third-order valence-corrected chi connectivity index (χ3v) is 4.98. The van der Waals surface area contributed by atoms with Crippen molar-refractivity contribution in [2.45, 2.75) is 38.1 Å². The lowest BCUT2D eigenvalue weighted by Crippen LogP contribution is -2.43. The average molecular weight is 331 g/mol. The number of aromatic nitrogens is 4. The van der Waals surface area contributed by atoms with E-state index in [9.17, 15) is 9.59 Å². The zero-order valence-electron chi connectivity index (χ0n) is 14.5. The van der Waals surface area contributed by atoms with Crippen molar-refractivity contribution >= 4 is 5.91 Å². The zero-order chi connectivity index (χ0) is 17.3. The molecule has 1 fully saturated rings. The number of nitrogens with zero attached hydrogens (tertiary/aromatic N) is 4. The fraction of sp³-hybridized carbons (Fsp3) is 0.588. The molecule has 3 rings (SSSR count). The van der Waals surface area contributed by atoms with Crippen molar-refractivity contribution < 1.29 is 4.79 Å². The van der Waals surface area contributed by atoms with E-state index in [2.05, 4.69) is 10.4 Å². The third-order valence-electron chi connectivity index (χ3n) is 4.98. The highest BCUT2D eigenvalue weighted by Gasteiger charge is 2.28. The van der Waals surface area contributed by atoms with E-state index in [1.165, 1.54) is 4.68 Å². The molecule has 2 aromatic rings. The Bertz CT molecular complexity index is 785. The van der Waals surface area contributed by atoms with Gasteiger partial charge in [-0.3, -0.25) is 9.36 Å². The number of rotatable bonds is 4. The predicted molar refractivity (Wildman–Crippen MR) is 90.8 cm³/mol. The van der Waals surface area contributed by atoms with Gasteiger partial charge in [-0.05, 0) is 24.8 Å². The molecule has 0 aliphatic heterocycles. The van der Waals surface area contributed by atoms with E-state index < -0.39 is 0 Å². The van der Waals surface area contributed by atoms with E-state index in [4.69, 9.17) is 0 Å². The second-order valence-corrected chi connectivity index (χ2v) is 6.78. The maximum atomic E-state index is 12.4. The largest absolute Gasteiger partial charge is 0.356 e. The Balaban J connectivity index is 1.72. The molecule has 130 valence electrons. The van der Waals surface area contributed by atoms with Crippen LogP contribution in [0.15, 0.2) is 23.3 Å². The van der Waals surface area contributed by atoms with E-state index in [1.807, 2.05) is 30.1 Å². The number of carbonyl (C=O) groups is 1. The molecule has 1 N–H and O–H groups in total. The van der Waals surface area contributed by atoms with Crippen LogP contribution in [-0.4, -0.2) is 30.9 Å². The van der Waals surface area contributed by atoms with Crippen LogP contribution < -0.4 is 11.0 Å². The van der Waals surface area contributed by atoms with Gasteiger partial charge in [0.05, 0.1) is 5.56 Å². The maximum Gasteiger partial charge on any atom is 0.345 e. The minimum atomic E-state index is -0.106. The molecule has 0 saturated heterocycles. The van der Waals surface area contributed by atoms with Gasteiger partial charge in [-0.1, -0.05) is 12.8 Å². The maximum absolute atomic E-state index is 12.4. The van der Waals surface area contributed by atoms with Gasteiger partial charge in [0, 0.05) is 46.0 Å². The first-order valence-corrected chi connectivity index (χ1v) is 8.47. The van der Waals surface area contributed by atoms with Gasteiger partial charge in [0.15, 0.2) is 0 Å². The fourth-order valence-corrected chi connectivity index (χ4v) is 3.55. The van der Waals surface area contributed by atoms with Gasteiger partial charge in [0.1, 0.15) is 5.82 Å². The molecule has 0 aromatic carbocycles. The van der Waals surface area contributed by atoms with Gasteiger partial charge in [-0.15, -0.1) is 0 Å². The van der Waals surface area contributed by atoms with Crippen molar-refractivity contribution in [1.82, 2.24) is 24.2 Å². The van der Waals surface area contributed by atoms with Gasteiger partial charge in [0.2, 0.25) is 0 Å². The quantitative estimate of drug-likeness (QED) is 0.908. The Hall–Kier alpha value is -2.31. The van der Waals surface area contributed by atoms with E-state index in [1.54, 1.807) is 18.7 Å². The molecule has 7 heteroatoms. The summed E-state index contributed by atoms with van der Waals surface area (Å²) in [7, 11) is 5.33. The number of carbonyl (C=O) groups excluding carboxylic acids is 1. The van der Waals surface area contributed by atoms with Crippen LogP contribution in [0.1, 0.15) is 41.9 Å². The van der Waals surface area contributed by atoms with E-state index in [0.717, 1.165) is 31.5 Å². The van der Waals surface area contributed by atoms with Crippen molar-refractivity contribution in [3.05, 3.63) is 40.3 Å². The lowest BCUT2D eigenvalue weighted by atomic mass is 9.82. The van der Waals surface area contributed by atoms with Crippen LogP contribution in [0.4, 0.5) is 0 Å². The Morgan fingerprint density at radius 2 is 2.04 bits per heavy atom. The molecule has 1 saturated carbocycles. The summed E-state index contributed by atoms with van der Waals surface area (Å²) in [4.78, 5) is 24.3. The monoisotopic (exact) mass is 331 g/mol. The molecule has 1 aliphatic carbocycles. The second kappa shape index (κ2) is 6.67. The smallest absolute Gasteiger partial charge is 0.345 e. The molecule has 1 aliphatic rings. The van der Waals surface area contributed by atoms with E-state index in [0.29, 0.717) is 17.9 Å². The molecule has 7 nitrogen and oxygen atoms in total. The number of aryl methyl sites for hydroxylation is 2. The average Bonchev–Trinajstić information content (AvgIpc) is 3.09. The van der Waals surface area contributed by atoms with Crippen molar-refractivity contribution in [3.63, 3.8) is 0 Å². The van der Waals surface area contributed by atoms with Gasteiger partial charge >= 0.3 is 5.69 Å². The van der Waals surface area contributed by atoms with Gasteiger partial charge in [-0.2, -0.15) is 5.10 Å². The number of hydrogen-bond acceptors (Lipinski definition) is 3. The summed E-state index contributed by atoms with van der Waals surface area (Å²) in [5.74, 6) is 1.07. The van der Waals surface area contributed by atoms with Crippen molar-refractivity contribution in [2.75, 3.05) is 0 Å². The molecule has 0 unspecified atom stereocenters. The first kappa shape index (κ1) is 16.5. The number of nitrogens with one attached hydrogen (secondary N) is 1. The third kappa shape index (κ3) is 3.29. The highest BCUT2D eigenvalue weighted by atomic mass is 16.2. The minimum absolute atomic E-state index is 0.0255. The molecule has 1 amide bonds. The summed E-state index contributed by atoms with van der Waals surface area (Å²) in [5, 5.41) is 7.52. The molecule has 0 spiro atoms. The van der Waals surface area contributed by atoms with Crippen molar-refractivity contribution in [3.8, 4) is 0 Å². The summed E-state index contributed by atoms with van der Waals surface area (Å²) < 4.78 is 4.84.